The third-order valence-electron chi connectivity index (χ3n) is 5.22. The molecule has 2 saturated heterocycles. The molecule has 0 saturated carbocycles. The molecule has 2 fully saturated rings. The second-order valence-electron chi connectivity index (χ2n) is 7.07. The molecule has 0 spiro atoms. The molecule has 2 N–H and O–H groups in total. The summed E-state index contributed by atoms with van der Waals surface area (Å²) in [5.74, 6) is 0. The lowest BCUT2D eigenvalue weighted by Gasteiger charge is -2.36. The van der Waals surface area contributed by atoms with Crippen LogP contribution in [0.25, 0.3) is 0 Å². The molecule has 2 bridgehead atoms. The first kappa shape index (κ1) is 17.8. The fraction of sp³-hybridized carbons (Fsp3) is 0.706. The van der Waals surface area contributed by atoms with E-state index in [1.165, 1.54) is 38.4 Å². The molecule has 7 heteroatoms. The number of aromatic nitrogens is 1. The first-order valence-electron chi connectivity index (χ1n) is 8.71. The zero-order valence-corrected chi connectivity index (χ0v) is 15.0. The van der Waals surface area contributed by atoms with Crippen LogP contribution in [0.15, 0.2) is 24.5 Å². The molecule has 3 heterocycles. The van der Waals surface area contributed by atoms with Gasteiger partial charge in [0.05, 0.1) is 6.10 Å². The van der Waals surface area contributed by atoms with Gasteiger partial charge in [0.15, 0.2) is 9.84 Å². The Labute approximate surface area is 144 Å². The van der Waals surface area contributed by atoms with Gasteiger partial charge in [-0.2, -0.15) is 0 Å². The number of nitrogens with zero attached hydrogens (tertiary/aromatic N) is 2. The van der Waals surface area contributed by atoms with Crippen molar-refractivity contribution in [3.63, 3.8) is 0 Å². The molecule has 134 valence electrons. The van der Waals surface area contributed by atoms with Crippen molar-refractivity contribution in [2.24, 2.45) is 0 Å². The number of aliphatic hydroxyl groups is 1. The number of sulfone groups is 1. The average molecular weight is 353 g/mol. The number of fused-ring (bicyclic) bond motifs is 2. The van der Waals surface area contributed by atoms with Crippen molar-refractivity contribution in [1.29, 1.82) is 0 Å². The molecule has 0 aliphatic carbocycles. The monoisotopic (exact) mass is 353 g/mol. The number of nitrogens with one attached hydrogen (secondary N) is 1. The molecule has 0 amide bonds. The van der Waals surface area contributed by atoms with E-state index in [2.05, 4.69) is 15.2 Å². The quantitative estimate of drug-likeness (QED) is 0.764. The van der Waals surface area contributed by atoms with Gasteiger partial charge in [0.2, 0.25) is 0 Å². The fourth-order valence-corrected chi connectivity index (χ4v) is 5.15. The molecule has 1 aromatic rings. The number of hydrogen-bond acceptors (Lipinski definition) is 6. The van der Waals surface area contributed by atoms with Crippen LogP contribution in [0, 0.1) is 0 Å². The van der Waals surface area contributed by atoms with Crippen LogP contribution in [0.1, 0.15) is 43.0 Å². The minimum absolute atomic E-state index is 0.253. The first-order valence-corrected chi connectivity index (χ1v) is 10.7. The highest BCUT2D eigenvalue weighted by atomic mass is 32.2. The molecule has 24 heavy (non-hydrogen) atoms. The van der Waals surface area contributed by atoms with E-state index in [9.17, 15) is 13.5 Å². The number of pyridine rings is 1. The van der Waals surface area contributed by atoms with Gasteiger partial charge in [-0.1, -0.05) is 12.5 Å². The third kappa shape index (κ3) is 4.14. The summed E-state index contributed by atoms with van der Waals surface area (Å²) in [6.07, 6.45) is 9.98. The van der Waals surface area contributed by atoms with E-state index in [1.54, 1.807) is 24.5 Å². The summed E-state index contributed by atoms with van der Waals surface area (Å²) in [5, 5.41) is 12.6. The van der Waals surface area contributed by atoms with Crippen molar-refractivity contribution < 1.29 is 13.5 Å². The number of rotatable bonds is 7. The van der Waals surface area contributed by atoms with Crippen LogP contribution in [0.2, 0.25) is 0 Å². The topological polar surface area (TPSA) is 82.5 Å². The summed E-state index contributed by atoms with van der Waals surface area (Å²) in [5.41, 5.74) is 0.602. The van der Waals surface area contributed by atoms with Crippen molar-refractivity contribution in [2.75, 3.05) is 19.3 Å². The van der Waals surface area contributed by atoms with Gasteiger partial charge in [-0.15, -0.1) is 0 Å². The predicted molar refractivity (Wildman–Crippen MR) is 93.2 cm³/mol. The van der Waals surface area contributed by atoms with Crippen LogP contribution in [0.5, 0.6) is 0 Å². The molecular weight excluding hydrogens is 326 g/mol. The molecule has 4 atom stereocenters. The standard InChI is InChI=1S/C17H27N3O3S/c1-24(22,23)17(13-4-3-9-18-10-13)19-11-16(21)12-20-14-5-2-6-15(20)8-7-14/h3-4,9-10,14-17,19,21H,2,5-8,11-12H2,1H3/t14-,15+,16?,17?. The van der Waals surface area contributed by atoms with Gasteiger partial charge < -0.3 is 5.11 Å². The molecule has 0 aromatic carbocycles. The smallest absolute Gasteiger partial charge is 0.167 e. The molecule has 2 unspecified atom stereocenters. The highest BCUT2D eigenvalue weighted by molar-refractivity contribution is 7.90. The van der Waals surface area contributed by atoms with Crippen LogP contribution in [-0.4, -0.2) is 60.9 Å². The largest absolute Gasteiger partial charge is 0.390 e. The van der Waals surface area contributed by atoms with Crippen LogP contribution in [0.3, 0.4) is 0 Å². The van der Waals surface area contributed by atoms with E-state index in [-0.39, 0.29) is 6.54 Å². The van der Waals surface area contributed by atoms with Gasteiger partial charge in [-0.05, 0) is 31.7 Å². The van der Waals surface area contributed by atoms with Crippen LogP contribution >= 0.6 is 0 Å². The highest BCUT2D eigenvalue weighted by Crippen LogP contribution is 2.35. The Morgan fingerprint density at radius 2 is 2.04 bits per heavy atom. The zero-order chi connectivity index (χ0) is 17.2. The van der Waals surface area contributed by atoms with E-state index in [0.29, 0.717) is 24.2 Å². The average Bonchev–Trinajstić information content (AvgIpc) is 2.76. The van der Waals surface area contributed by atoms with Crippen molar-refractivity contribution in [2.45, 2.75) is 55.7 Å². The van der Waals surface area contributed by atoms with E-state index in [4.69, 9.17) is 0 Å². The SMILES string of the molecule is CS(=O)(=O)C(NCC(O)CN1[C@@H]2CCC[C@H]1CC2)c1cccnc1. The second kappa shape index (κ2) is 7.47. The van der Waals surface area contributed by atoms with Crippen molar-refractivity contribution in [1.82, 2.24) is 15.2 Å². The van der Waals surface area contributed by atoms with Crippen molar-refractivity contribution >= 4 is 9.84 Å². The summed E-state index contributed by atoms with van der Waals surface area (Å²) < 4.78 is 24.1. The molecule has 1 aromatic heterocycles. The van der Waals surface area contributed by atoms with Gasteiger partial charge in [-0.25, -0.2) is 8.42 Å². The molecular formula is C17H27N3O3S. The maximum atomic E-state index is 12.1. The Hall–Kier alpha value is -1.02. The van der Waals surface area contributed by atoms with Gasteiger partial charge >= 0.3 is 0 Å². The lowest BCUT2D eigenvalue weighted by Crippen LogP contribution is -2.47. The summed E-state index contributed by atoms with van der Waals surface area (Å²) in [6.45, 7) is 0.869. The summed E-state index contributed by atoms with van der Waals surface area (Å²) in [4.78, 5) is 6.42. The molecule has 6 nitrogen and oxygen atoms in total. The van der Waals surface area contributed by atoms with Crippen LogP contribution in [-0.2, 0) is 9.84 Å². The minimum Gasteiger partial charge on any atom is -0.390 e. The Balaban J connectivity index is 1.58. The first-order chi connectivity index (χ1) is 11.4. The second-order valence-corrected chi connectivity index (χ2v) is 9.20. The van der Waals surface area contributed by atoms with Crippen molar-refractivity contribution in [3.8, 4) is 0 Å². The molecule has 2 aliphatic rings. The Morgan fingerprint density at radius 3 is 2.62 bits per heavy atom. The Bertz CT molecular complexity index is 622. The van der Waals surface area contributed by atoms with Crippen LogP contribution in [0.4, 0.5) is 0 Å². The summed E-state index contributed by atoms with van der Waals surface area (Å²) in [6, 6.07) is 4.66. The molecule has 0 radical (unpaired) electrons. The van der Waals surface area contributed by atoms with Gasteiger partial charge in [0, 0.05) is 49.4 Å². The molecule has 2 aliphatic heterocycles. The lowest BCUT2D eigenvalue weighted by molar-refractivity contribution is 0.0618. The highest BCUT2D eigenvalue weighted by Gasteiger charge is 2.37. The van der Waals surface area contributed by atoms with E-state index in [0.717, 1.165) is 0 Å². The van der Waals surface area contributed by atoms with Crippen molar-refractivity contribution in [3.05, 3.63) is 30.1 Å². The molecule has 3 rings (SSSR count). The third-order valence-corrected chi connectivity index (χ3v) is 6.52. The van der Waals surface area contributed by atoms with Gasteiger partial charge in [0.25, 0.3) is 0 Å². The normalized spacial score (nSPS) is 27.1. The minimum atomic E-state index is -3.33. The number of piperidine rings is 1. The van der Waals surface area contributed by atoms with E-state index < -0.39 is 21.3 Å². The lowest BCUT2D eigenvalue weighted by atomic mass is 10.0. The van der Waals surface area contributed by atoms with Crippen LogP contribution < -0.4 is 5.32 Å². The predicted octanol–water partition coefficient (Wildman–Crippen LogP) is 1.09. The van der Waals surface area contributed by atoms with E-state index >= 15 is 0 Å². The zero-order valence-electron chi connectivity index (χ0n) is 14.1. The Morgan fingerprint density at radius 1 is 1.33 bits per heavy atom. The fourth-order valence-electron chi connectivity index (χ4n) is 4.12. The Kier molecular flexibility index (Phi) is 5.54. The maximum absolute atomic E-state index is 12.1. The number of hydrogen-bond donors (Lipinski definition) is 2. The maximum Gasteiger partial charge on any atom is 0.167 e. The summed E-state index contributed by atoms with van der Waals surface area (Å²) >= 11 is 0. The van der Waals surface area contributed by atoms with Gasteiger partial charge in [0.1, 0.15) is 5.37 Å². The number of aliphatic hydroxyl groups excluding tert-OH is 1. The van der Waals surface area contributed by atoms with Gasteiger partial charge in [-0.3, -0.25) is 15.2 Å². The van der Waals surface area contributed by atoms with E-state index in [1.807, 2.05) is 0 Å². The summed E-state index contributed by atoms with van der Waals surface area (Å²) in [7, 11) is -3.33.